The van der Waals surface area contributed by atoms with Gasteiger partial charge in [-0.3, -0.25) is 9.59 Å². The minimum atomic E-state index is -0.516. The van der Waals surface area contributed by atoms with E-state index in [-0.39, 0.29) is 11.9 Å². The molecular formula is C13H17N3O2. The van der Waals surface area contributed by atoms with Crippen LogP contribution in [0, 0.1) is 0 Å². The van der Waals surface area contributed by atoms with Crippen LogP contribution in [0.25, 0.3) is 0 Å². The molecule has 2 amide bonds. The van der Waals surface area contributed by atoms with Crippen LogP contribution in [0.15, 0.2) is 24.3 Å². The summed E-state index contributed by atoms with van der Waals surface area (Å²) in [5.74, 6) is -0.565. The second kappa shape index (κ2) is 5.18. The lowest BCUT2D eigenvalue weighted by molar-refractivity contribution is 0.0656. The summed E-state index contributed by atoms with van der Waals surface area (Å²) in [4.78, 5) is 25.3. The Morgan fingerprint density at radius 1 is 1.39 bits per heavy atom. The Labute approximate surface area is 106 Å². The number of carbonyl (C=O) groups excluding carboxylic acids is 2. The second-order valence-corrected chi connectivity index (χ2v) is 4.50. The lowest BCUT2D eigenvalue weighted by Gasteiger charge is -2.34. The first kappa shape index (κ1) is 12.6. The number of nitrogens with one attached hydrogen (secondary N) is 1. The maximum atomic E-state index is 12.3. The highest BCUT2D eigenvalue weighted by Crippen LogP contribution is 2.12. The van der Waals surface area contributed by atoms with Gasteiger partial charge in [-0.15, -0.1) is 0 Å². The summed E-state index contributed by atoms with van der Waals surface area (Å²) in [6.07, 6.45) is 0. The highest BCUT2D eigenvalue weighted by atomic mass is 16.2. The number of rotatable bonds is 2. The van der Waals surface area contributed by atoms with Gasteiger partial charge in [0.2, 0.25) is 5.91 Å². The largest absolute Gasteiger partial charge is 0.366 e. The number of hydrogen-bond donors (Lipinski definition) is 2. The van der Waals surface area contributed by atoms with Crippen LogP contribution < -0.4 is 11.1 Å². The SMILES string of the molecule is C[C@H]1CNCCN1C(=O)c1cccc(C(N)=O)c1. The number of benzene rings is 1. The fourth-order valence-electron chi connectivity index (χ4n) is 2.11. The smallest absolute Gasteiger partial charge is 0.254 e. The van der Waals surface area contributed by atoms with Crippen molar-refractivity contribution < 1.29 is 9.59 Å². The molecule has 1 aromatic rings. The molecule has 0 radical (unpaired) electrons. The zero-order chi connectivity index (χ0) is 13.1. The van der Waals surface area contributed by atoms with Crippen molar-refractivity contribution in [2.45, 2.75) is 13.0 Å². The molecule has 3 N–H and O–H groups in total. The molecule has 0 bridgehead atoms. The Kier molecular flexibility index (Phi) is 3.62. The Hall–Kier alpha value is -1.88. The standard InChI is InChI=1S/C13H17N3O2/c1-9-8-15-5-6-16(9)13(18)11-4-2-3-10(7-11)12(14)17/h2-4,7,9,15H,5-6,8H2,1H3,(H2,14,17)/t9-/m0/s1. The third-order valence-corrected chi connectivity index (χ3v) is 3.16. The van der Waals surface area contributed by atoms with Crippen LogP contribution in [0.4, 0.5) is 0 Å². The second-order valence-electron chi connectivity index (χ2n) is 4.50. The van der Waals surface area contributed by atoms with Crippen LogP contribution in [-0.4, -0.2) is 42.4 Å². The molecule has 0 saturated carbocycles. The Morgan fingerprint density at radius 3 is 2.78 bits per heavy atom. The zero-order valence-corrected chi connectivity index (χ0v) is 10.3. The normalized spacial score (nSPS) is 19.6. The molecule has 1 fully saturated rings. The van der Waals surface area contributed by atoms with Crippen molar-refractivity contribution in [2.75, 3.05) is 19.6 Å². The predicted octanol–water partition coefficient (Wildman–Crippen LogP) is 0.219. The Balaban J connectivity index is 2.22. The van der Waals surface area contributed by atoms with Gasteiger partial charge in [0.25, 0.3) is 5.91 Å². The quantitative estimate of drug-likeness (QED) is 0.785. The van der Waals surface area contributed by atoms with E-state index in [9.17, 15) is 9.59 Å². The minimum absolute atomic E-state index is 0.0490. The lowest BCUT2D eigenvalue weighted by Crippen LogP contribution is -2.52. The number of nitrogens with two attached hydrogens (primary N) is 1. The summed E-state index contributed by atoms with van der Waals surface area (Å²) in [6.45, 7) is 4.27. The summed E-state index contributed by atoms with van der Waals surface area (Å²) in [7, 11) is 0. The number of piperazine rings is 1. The third kappa shape index (κ3) is 2.51. The van der Waals surface area contributed by atoms with E-state index < -0.39 is 5.91 Å². The van der Waals surface area contributed by atoms with Crippen LogP contribution in [-0.2, 0) is 0 Å². The molecule has 1 saturated heterocycles. The summed E-state index contributed by atoms with van der Waals surface area (Å²) in [5.41, 5.74) is 6.09. The third-order valence-electron chi connectivity index (χ3n) is 3.16. The molecule has 0 aliphatic carbocycles. The van der Waals surface area contributed by atoms with E-state index in [0.29, 0.717) is 17.7 Å². The van der Waals surface area contributed by atoms with E-state index >= 15 is 0 Å². The van der Waals surface area contributed by atoms with Gasteiger partial charge in [0, 0.05) is 36.8 Å². The van der Waals surface area contributed by atoms with Crippen molar-refractivity contribution in [1.29, 1.82) is 0 Å². The van der Waals surface area contributed by atoms with Gasteiger partial charge < -0.3 is 16.0 Å². The van der Waals surface area contributed by atoms with Crippen molar-refractivity contribution in [3.8, 4) is 0 Å². The fraction of sp³-hybridized carbons (Fsp3) is 0.385. The van der Waals surface area contributed by atoms with Gasteiger partial charge in [-0.1, -0.05) is 6.07 Å². The maximum Gasteiger partial charge on any atom is 0.254 e. The first-order chi connectivity index (χ1) is 8.59. The van der Waals surface area contributed by atoms with Crippen molar-refractivity contribution >= 4 is 11.8 Å². The maximum absolute atomic E-state index is 12.3. The van der Waals surface area contributed by atoms with Crippen LogP contribution >= 0.6 is 0 Å². The monoisotopic (exact) mass is 247 g/mol. The minimum Gasteiger partial charge on any atom is -0.366 e. The van der Waals surface area contributed by atoms with Gasteiger partial charge in [-0.25, -0.2) is 0 Å². The van der Waals surface area contributed by atoms with Crippen LogP contribution in [0.5, 0.6) is 0 Å². The molecule has 0 unspecified atom stereocenters. The molecule has 1 atom stereocenters. The van der Waals surface area contributed by atoms with Crippen molar-refractivity contribution in [3.63, 3.8) is 0 Å². The van der Waals surface area contributed by atoms with E-state index in [4.69, 9.17) is 5.73 Å². The lowest BCUT2D eigenvalue weighted by atomic mass is 10.1. The van der Waals surface area contributed by atoms with E-state index in [2.05, 4.69) is 5.32 Å². The van der Waals surface area contributed by atoms with Gasteiger partial charge in [0.1, 0.15) is 0 Å². The Morgan fingerprint density at radius 2 is 2.11 bits per heavy atom. The first-order valence-corrected chi connectivity index (χ1v) is 6.01. The molecule has 1 aromatic carbocycles. The number of primary amides is 1. The van der Waals surface area contributed by atoms with Gasteiger partial charge in [0.15, 0.2) is 0 Å². The average Bonchev–Trinajstić information content (AvgIpc) is 2.38. The molecule has 18 heavy (non-hydrogen) atoms. The molecule has 1 aliphatic rings. The summed E-state index contributed by atoms with van der Waals surface area (Å²) >= 11 is 0. The molecule has 5 heteroatoms. The molecule has 1 aliphatic heterocycles. The van der Waals surface area contributed by atoms with Gasteiger partial charge >= 0.3 is 0 Å². The van der Waals surface area contributed by atoms with Crippen LogP contribution in [0.2, 0.25) is 0 Å². The molecule has 5 nitrogen and oxygen atoms in total. The van der Waals surface area contributed by atoms with Gasteiger partial charge in [-0.2, -0.15) is 0 Å². The molecule has 0 spiro atoms. The summed E-state index contributed by atoms with van der Waals surface area (Å²) < 4.78 is 0. The topological polar surface area (TPSA) is 75.4 Å². The number of carbonyl (C=O) groups is 2. The Bertz CT molecular complexity index is 473. The number of amides is 2. The molecular weight excluding hydrogens is 230 g/mol. The van der Waals surface area contributed by atoms with E-state index in [1.807, 2.05) is 11.8 Å². The first-order valence-electron chi connectivity index (χ1n) is 6.01. The molecule has 96 valence electrons. The van der Waals surface area contributed by atoms with Crippen LogP contribution in [0.1, 0.15) is 27.6 Å². The van der Waals surface area contributed by atoms with E-state index in [1.165, 1.54) is 0 Å². The highest BCUT2D eigenvalue weighted by molar-refractivity contribution is 5.99. The summed E-state index contributed by atoms with van der Waals surface area (Å²) in [5, 5.41) is 3.23. The van der Waals surface area contributed by atoms with Gasteiger partial charge in [0.05, 0.1) is 0 Å². The number of nitrogens with zero attached hydrogens (tertiary/aromatic N) is 1. The number of hydrogen-bond acceptors (Lipinski definition) is 3. The fourth-order valence-corrected chi connectivity index (χ4v) is 2.11. The van der Waals surface area contributed by atoms with Crippen molar-refractivity contribution in [2.24, 2.45) is 5.73 Å². The van der Waals surface area contributed by atoms with Crippen LogP contribution in [0.3, 0.4) is 0 Å². The van der Waals surface area contributed by atoms with Gasteiger partial charge in [-0.05, 0) is 25.1 Å². The molecule has 0 aromatic heterocycles. The van der Waals surface area contributed by atoms with Crippen molar-refractivity contribution in [1.82, 2.24) is 10.2 Å². The molecule has 1 heterocycles. The van der Waals surface area contributed by atoms with E-state index in [1.54, 1.807) is 24.3 Å². The zero-order valence-electron chi connectivity index (χ0n) is 10.3. The predicted molar refractivity (Wildman–Crippen MR) is 68.3 cm³/mol. The molecule has 2 rings (SSSR count). The highest BCUT2D eigenvalue weighted by Gasteiger charge is 2.24. The van der Waals surface area contributed by atoms with E-state index in [0.717, 1.165) is 13.1 Å². The van der Waals surface area contributed by atoms with Crippen molar-refractivity contribution in [3.05, 3.63) is 35.4 Å². The summed E-state index contributed by atoms with van der Waals surface area (Å²) in [6, 6.07) is 6.71. The average molecular weight is 247 g/mol.